The van der Waals surface area contributed by atoms with Crippen molar-refractivity contribution in [1.29, 1.82) is 0 Å². The minimum absolute atomic E-state index is 0.0620. The Hall–Kier alpha value is -1.71. The second-order valence-electron chi connectivity index (χ2n) is 4.47. The highest BCUT2D eigenvalue weighted by molar-refractivity contribution is 6.30. The quantitative estimate of drug-likeness (QED) is 0.800. The molecule has 0 aliphatic heterocycles. The van der Waals surface area contributed by atoms with Crippen molar-refractivity contribution < 1.29 is 10.2 Å². The number of hydrogen-bond donors (Lipinski definition) is 3. The molecular weight excluding hydrogens is 262 g/mol. The van der Waals surface area contributed by atoms with Gasteiger partial charge in [0.05, 0.1) is 0 Å². The minimum Gasteiger partial charge on any atom is -0.508 e. The number of aromatic hydroxyl groups is 2. The van der Waals surface area contributed by atoms with Gasteiger partial charge in [-0.1, -0.05) is 29.8 Å². The van der Waals surface area contributed by atoms with Gasteiger partial charge in [0.15, 0.2) is 0 Å². The third kappa shape index (κ3) is 3.63. The van der Waals surface area contributed by atoms with E-state index < -0.39 is 0 Å². The van der Waals surface area contributed by atoms with Crippen molar-refractivity contribution in [3.05, 3.63) is 58.6 Å². The van der Waals surface area contributed by atoms with Gasteiger partial charge < -0.3 is 15.5 Å². The van der Waals surface area contributed by atoms with Gasteiger partial charge in [-0.15, -0.1) is 0 Å². The molecule has 2 aromatic carbocycles. The van der Waals surface area contributed by atoms with E-state index in [1.165, 1.54) is 6.07 Å². The van der Waals surface area contributed by atoms with Gasteiger partial charge in [-0.25, -0.2) is 0 Å². The van der Waals surface area contributed by atoms with E-state index in [0.717, 1.165) is 11.1 Å². The van der Waals surface area contributed by atoms with E-state index in [0.29, 0.717) is 11.6 Å². The molecule has 0 spiro atoms. The molecule has 0 saturated heterocycles. The van der Waals surface area contributed by atoms with Crippen LogP contribution in [0.5, 0.6) is 11.5 Å². The number of hydrogen-bond acceptors (Lipinski definition) is 3. The van der Waals surface area contributed by atoms with Crippen molar-refractivity contribution in [3.8, 4) is 11.5 Å². The molecule has 0 radical (unpaired) electrons. The van der Waals surface area contributed by atoms with Crippen molar-refractivity contribution in [2.24, 2.45) is 0 Å². The normalized spacial score (nSPS) is 12.3. The summed E-state index contributed by atoms with van der Waals surface area (Å²) in [5.41, 5.74) is 1.88. The zero-order valence-electron chi connectivity index (χ0n) is 10.6. The van der Waals surface area contributed by atoms with Crippen LogP contribution in [-0.4, -0.2) is 10.2 Å². The van der Waals surface area contributed by atoms with E-state index in [-0.39, 0.29) is 17.5 Å². The zero-order chi connectivity index (χ0) is 13.8. The van der Waals surface area contributed by atoms with Crippen molar-refractivity contribution in [2.75, 3.05) is 0 Å². The van der Waals surface area contributed by atoms with Gasteiger partial charge in [0.1, 0.15) is 11.5 Å². The number of halogens is 1. The molecule has 4 heteroatoms. The highest BCUT2D eigenvalue weighted by atomic mass is 35.5. The van der Waals surface area contributed by atoms with Crippen LogP contribution >= 0.6 is 11.6 Å². The Morgan fingerprint density at radius 2 is 1.79 bits per heavy atom. The number of phenols is 2. The third-order valence-corrected chi connectivity index (χ3v) is 3.29. The Kier molecular flexibility index (Phi) is 4.30. The van der Waals surface area contributed by atoms with Crippen LogP contribution < -0.4 is 5.32 Å². The molecule has 0 aliphatic carbocycles. The number of benzene rings is 2. The maximum absolute atomic E-state index is 9.69. The second-order valence-corrected chi connectivity index (χ2v) is 4.90. The van der Waals surface area contributed by atoms with E-state index >= 15 is 0 Å². The van der Waals surface area contributed by atoms with Gasteiger partial charge >= 0.3 is 0 Å². The molecule has 0 saturated carbocycles. The van der Waals surface area contributed by atoms with Gasteiger partial charge in [0.2, 0.25) is 0 Å². The van der Waals surface area contributed by atoms with Crippen LogP contribution in [0.2, 0.25) is 5.02 Å². The molecule has 0 amide bonds. The lowest BCUT2D eigenvalue weighted by molar-refractivity contribution is 0.441. The van der Waals surface area contributed by atoms with Gasteiger partial charge in [0.25, 0.3) is 0 Å². The Morgan fingerprint density at radius 3 is 2.42 bits per heavy atom. The smallest absolute Gasteiger partial charge is 0.123 e. The lowest BCUT2D eigenvalue weighted by Gasteiger charge is -2.15. The van der Waals surface area contributed by atoms with E-state index in [4.69, 9.17) is 11.6 Å². The van der Waals surface area contributed by atoms with Gasteiger partial charge in [-0.05, 0) is 30.7 Å². The summed E-state index contributed by atoms with van der Waals surface area (Å²) in [7, 11) is 0. The van der Waals surface area contributed by atoms with E-state index in [2.05, 4.69) is 5.32 Å². The Morgan fingerprint density at radius 1 is 1.11 bits per heavy atom. The lowest BCUT2D eigenvalue weighted by atomic mass is 10.1. The van der Waals surface area contributed by atoms with Crippen molar-refractivity contribution in [3.63, 3.8) is 0 Å². The lowest BCUT2D eigenvalue weighted by Crippen LogP contribution is -2.18. The first-order valence-electron chi connectivity index (χ1n) is 6.06. The van der Waals surface area contributed by atoms with Crippen LogP contribution in [0.4, 0.5) is 0 Å². The monoisotopic (exact) mass is 277 g/mol. The maximum Gasteiger partial charge on any atom is 0.123 e. The number of phenolic OH excluding ortho intramolecular Hbond substituents is 2. The largest absolute Gasteiger partial charge is 0.508 e. The maximum atomic E-state index is 9.69. The average molecular weight is 278 g/mol. The summed E-state index contributed by atoms with van der Waals surface area (Å²) in [4.78, 5) is 0. The van der Waals surface area contributed by atoms with Crippen LogP contribution in [0, 0.1) is 0 Å². The molecule has 0 heterocycles. The topological polar surface area (TPSA) is 52.5 Å². The Bertz CT molecular complexity index is 555. The molecule has 2 aromatic rings. The minimum atomic E-state index is 0.0620. The molecule has 0 aromatic heterocycles. The van der Waals surface area contributed by atoms with Gasteiger partial charge in [-0.3, -0.25) is 0 Å². The van der Waals surface area contributed by atoms with Crippen LogP contribution in [-0.2, 0) is 6.54 Å². The molecule has 1 unspecified atom stereocenters. The standard InChI is InChI=1S/C15H16ClNO2/c1-10(11-2-5-13(16)6-3-11)17-9-12-4-7-14(18)8-15(12)19/h2-8,10,17-19H,9H2,1H3. The molecular formula is C15H16ClNO2. The molecule has 0 aliphatic rings. The summed E-state index contributed by atoms with van der Waals surface area (Å²) >= 11 is 5.85. The van der Waals surface area contributed by atoms with Gasteiger partial charge in [-0.2, -0.15) is 0 Å². The predicted molar refractivity (Wildman–Crippen MR) is 76.5 cm³/mol. The molecule has 3 nitrogen and oxygen atoms in total. The molecule has 0 fully saturated rings. The molecule has 19 heavy (non-hydrogen) atoms. The summed E-state index contributed by atoms with van der Waals surface area (Å²) in [6.45, 7) is 2.57. The zero-order valence-corrected chi connectivity index (χ0v) is 11.4. The van der Waals surface area contributed by atoms with Crippen molar-refractivity contribution in [1.82, 2.24) is 5.32 Å². The Balaban J connectivity index is 2.00. The second kappa shape index (κ2) is 5.95. The number of rotatable bonds is 4. The van der Waals surface area contributed by atoms with E-state index in [1.54, 1.807) is 12.1 Å². The molecule has 2 rings (SSSR count). The van der Waals surface area contributed by atoms with Crippen molar-refractivity contribution in [2.45, 2.75) is 19.5 Å². The third-order valence-electron chi connectivity index (χ3n) is 3.04. The highest BCUT2D eigenvalue weighted by Gasteiger charge is 2.07. The SMILES string of the molecule is CC(NCc1ccc(O)cc1O)c1ccc(Cl)cc1. The first kappa shape index (κ1) is 13.7. The predicted octanol–water partition coefficient (Wildman–Crippen LogP) is 3.60. The van der Waals surface area contributed by atoms with E-state index in [9.17, 15) is 10.2 Å². The Labute approximate surface area is 117 Å². The first-order chi connectivity index (χ1) is 9.06. The first-order valence-corrected chi connectivity index (χ1v) is 6.44. The van der Waals surface area contributed by atoms with Crippen LogP contribution in [0.3, 0.4) is 0 Å². The highest BCUT2D eigenvalue weighted by Crippen LogP contribution is 2.23. The fourth-order valence-corrected chi connectivity index (χ4v) is 1.96. The number of nitrogens with one attached hydrogen (secondary N) is 1. The molecule has 100 valence electrons. The summed E-state index contributed by atoms with van der Waals surface area (Å²) in [6.07, 6.45) is 0. The van der Waals surface area contributed by atoms with Crippen molar-refractivity contribution >= 4 is 11.6 Å². The fourth-order valence-electron chi connectivity index (χ4n) is 1.83. The summed E-state index contributed by atoms with van der Waals surface area (Å²) in [5, 5.41) is 22.9. The van der Waals surface area contributed by atoms with E-state index in [1.807, 2.05) is 31.2 Å². The van der Waals surface area contributed by atoms with Crippen LogP contribution in [0.15, 0.2) is 42.5 Å². The summed E-state index contributed by atoms with van der Waals surface area (Å²) in [6, 6.07) is 12.4. The fraction of sp³-hybridized carbons (Fsp3) is 0.200. The molecule has 0 bridgehead atoms. The molecule has 3 N–H and O–H groups in total. The van der Waals surface area contributed by atoms with Crippen LogP contribution in [0.25, 0.3) is 0 Å². The summed E-state index contributed by atoms with van der Waals surface area (Å²) in [5.74, 6) is 0.155. The average Bonchev–Trinajstić information content (AvgIpc) is 2.38. The van der Waals surface area contributed by atoms with Crippen LogP contribution in [0.1, 0.15) is 24.1 Å². The molecule has 1 atom stereocenters. The van der Waals surface area contributed by atoms with Gasteiger partial charge in [0, 0.05) is 29.2 Å². The summed E-state index contributed by atoms with van der Waals surface area (Å²) < 4.78 is 0.